The molecule has 6 atom stereocenters. The molecule has 4 aromatic rings. The number of nitrogens with two attached hydrogens (primary N) is 3. The van der Waals surface area contributed by atoms with Crippen LogP contribution in [0.3, 0.4) is 0 Å². The van der Waals surface area contributed by atoms with Crippen LogP contribution in [0.1, 0.15) is 56.2 Å². The summed E-state index contributed by atoms with van der Waals surface area (Å²) >= 11 is 0. The smallest absolute Gasteiger partial charge is 0.326 e. The van der Waals surface area contributed by atoms with Gasteiger partial charge in [0.15, 0.2) is 0 Å². The molecule has 364 valence electrons. The Kier molecular flexibility index (Phi) is 19.4. The highest BCUT2D eigenvalue weighted by Crippen LogP contribution is 2.20. The molecular weight excluding hydrogens is 885 g/mol. The lowest BCUT2D eigenvalue weighted by Crippen LogP contribution is -2.59. The van der Waals surface area contributed by atoms with Crippen molar-refractivity contribution in [2.75, 3.05) is 6.54 Å². The number of hydrogen-bond acceptors (Lipinski definition) is 12. The number of carboxylic acid groups (broad SMARTS) is 1. The molecule has 0 aliphatic heterocycles. The number of aromatic amines is 1. The Morgan fingerprint density at radius 3 is 1.68 bits per heavy atom. The van der Waals surface area contributed by atoms with Gasteiger partial charge in [0, 0.05) is 42.8 Å². The summed E-state index contributed by atoms with van der Waals surface area (Å²) in [6.45, 7) is 2.82. The Morgan fingerprint density at radius 2 is 1.12 bits per heavy atom. The first kappa shape index (κ1) is 52.6. The lowest BCUT2D eigenvalue weighted by atomic mass is 10.00. The molecule has 4 rings (SSSR count). The van der Waals surface area contributed by atoms with E-state index >= 15 is 0 Å². The van der Waals surface area contributed by atoms with E-state index in [1.807, 2.05) is 12.1 Å². The standard InChI is InChI=1S/C46H58N10O12/c1-24(2)17-34(55-43(64)33(15-16-38(48)59)53-45(66)36(19-26-9-13-29(58)14-10-26)54-41(62)31(47)21-39(49)60)44(65)56-35(18-25-7-11-28(57)12-8-25)42(63)51-23-40(61)52-37(46(67)68)20-27-22-50-32-6-4-3-5-30(27)32/h3-14,22,24,31,33-37,50,57-58H,15-21,23,47H2,1-2H3,(H2,48,59)(H2,49,60)(H,51,63)(H,52,61)(H,53,66)(H,54,62)(H,55,64)(H,56,65)(H,67,68)/t31-,33-,34-,35-,36-,37-/m0/s1. The zero-order valence-corrected chi connectivity index (χ0v) is 37.5. The summed E-state index contributed by atoms with van der Waals surface area (Å²) in [5.41, 5.74) is 18.8. The zero-order valence-electron chi connectivity index (χ0n) is 37.5. The van der Waals surface area contributed by atoms with E-state index in [0.717, 1.165) is 10.9 Å². The first-order valence-electron chi connectivity index (χ1n) is 21.6. The lowest BCUT2D eigenvalue weighted by molar-refractivity contribution is -0.141. The summed E-state index contributed by atoms with van der Waals surface area (Å²) in [7, 11) is 0. The minimum absolute atomic E-state index is 0.00565. The van der Waals surface area contributed by atoms with Crippen LogP contribution in [0.2, 0.25) is 0 Å². The molecule has 0 fully saturated rings. The van der Waals surface area contributed by atoms with E-state index in [9.17, 15) is 58.5 Å². The number of H-pyrrole nitrogens is 1. The van der Waals surface area contributed by atoms with Gasteiger partial charge < -0.3 is 69.4 Å². The van der Waals surface area contributed by atoms with Crippen molar-refractivity contribution in [3.63, 3.8) is 0 Å². The predicted octanol–water partition coefficient (Wildman–Crippen LogP) is -1.25. The van der Waals surface area contributed by atoms with Crippen LogP contribution >= 0.6 is 0 Å². The number of aromatic nitrogens is 1. The van der Waals surface area contributed by atoms with Crippen LogP contribution < -0.4 is 49.1 Å². The van der Waals surface area contributed by atoms with Gasteiger partial charge in [-0.15, -0.1) is 0 Å². The highest BCUT2D eigenvalue weighted by molar-refractivity contribution is 5.97. The van der Waals surface area contributed by atoms with Gasteiger partial charge in [-0.05, 0) is 65.8 Å². The molecule has 0 radical (unpaired) electrons. The predicted molar refractivity (Wildman–Crippen MR) is 246 cm³/mol. The lowest BCUT2D eigenvalue weighted by Gasteiger charge is -2.27. The van der Waals surface area contributed by atoms with E-state index in [2.05, 4.69) is 36.9 Å². The van der Waals surface area contributed by atoms with E-state index in [0.29, 0.717) is 16.7 Å². The molecule has 0 unspecified atom stereocenters. The summed E-state index contributed by atoms with van der Waals surface area (Å²) in [4.78, 5) is 120. The highest BCUT2D eigenvalue weighted by Gasteiger charge is 2.33. The molecule has 3 aromatic carbocycles. The topological polar surface area (TPSA) is 380 Å². The maximum absolute atomic E-state index is 14.1. The van der Waals surface area contributed by atoms with Crippen LogP contribution in [0, 0.1) is 5.92 Å². The average molecular weight is 943 g/mol. The second-order valence-corrected chi connectivity index (χ2v) is 16.6. The minimum Gasteiger partial charge on any atom is -0.508 e. The second kappa shape index (κ2) is 25.0. The molecule has 0 spiro atoms. The molecule has 8 amide bonds. The third-order valence-corrected chi connectivity index (χ3v) is 10.6. The summed E-state index contributed by atoms with van der Waals surface area (Å²) < 4.78 is 0. The summed E-state index contributed by atoms with van der Waals surface area (Å²) in [6.07, 6.45) is -0.110. The number of carbonyl (C=O) groups is 9. The number of benzene rings is 3. The molecular formula is C46H58N10O12. The van der Waals surface area contributed by atoms with Gasteiger partial charge in [0.25, 0.3) is 0 Å². The molecule has 1 aromatic heterocycles. The van der Waals surface area contributed by atoms with Gasteiger partial charge in [-0.25, -0.2) is 4.79 Å². The van der Waals surface area contributed by atoms with Gasteiger partial charge >= 0.3 is 5.97 Å². The van der Waals surface area contributed by atoms with Crippen molar-refractivity contribution in [1.82, 2.24) is 36.9 Å². The molecule has 68 heavy (non-hydrogen) atoms. The van der Waals surface area contributed by atoms with Crippen LogP contribution in [-0.4, -0.2) is 116 Å². The van der Waals surface area contributed by atoms with Crippen molar-refractivity contribution >= 4 is 64.1 Å². The normalized spacial score (nSPS) is 13.7. The SMILES string of the molecule is CC(C)C[C@H](NC(=O)[C@H](CCC(N)=O)NC(=O)[C@H](Cc1ccc(O)cc1)NC(=O)[C@@H](N)CC(N)=O)C(=O)N[C@@H](Cc1ccc(O)cc1)C(=O)NCC(=O)N[C@@H](Cc1c[nH]c2ccccc12)C(=O)O. The maximum atomic E-state index is 14.1. The summed E-state index contributed by atoms with van der Waals surface area (Å²) in [6, 6.07) is 10.0. The Balaban J connectivity index is 1.52. The Morgan fingerprint density at radius 1 is 0.603 bits per heavy atom. The number of aliphatic carboxylic acids is 1. The number of phenolic OH excluding ortho intramolecular Hbond substituents is 2. The van der Waals surface area contributed by atoms with Crippen molar-refractivity contribution in [2.24, 2.45) is 23.1 Å². The quantitative estimate of drug-likeness (QED) is 0.0350. The van der Waals surface area contributed by atoms with Crippen LogP contribution in [0.5, 0.6) is 11.5 Å². The van der Waals surface area contributed by atoms with Gasteiger partial charge in [-0.3, -0.25) is 38.4 Å². The van der Waals surface area contributed by atoms with Gasteiger partial charge in [0.05, 0.1) is 19.0 Å². The molecule has 22 heteroatoms. The molecule has 0 aliphatic carbocycles. The van der Waals surface area contributed by atoms with Crippen molar-refractivity contribution < 1.29 is 58.5 Å². The molecule has 0 aliphatic rings. The monoisotopic (exact) mass is 942 g/mol. The molecule has 22 nitrogen and oxygen atoms in total. The van der Waals surface area contributed by atoms with Gasteiger partial charge in [-0.1, -0.05) is 56.3 Å². The number of hydrogen-bond donors (Lipinski definition) is 13. The van der Waals surface area contributed by atoms with Crippen molar-refractivity contribution in [3.05, 3.63) is 95.7 Å². The number of aromatic hydroxyl groups is 2. The first-order valence-corrected chi connectivity index (χ1v) is 21.6. The number of primary amides is 2. The number of fused-ring (bicyclic) bond motifs is 1. The fourth-order valence-corrected chi connectivity index (χ4v) is 7.07. The zero-order chi connectivity index (χ0) is 50.1. The largest absolute Gasteiger partial charge is 0.508 e. The Bertz CT molecular complexity index is 2440. The maximum Gasteiger partial charge on any atom is 0.326 e. The van der Waals surface area contributed by atoms with Gasteiger partial charge in [-0.2, -0.15) is 0 Å². The van der Waals surface area contributed by atoms with E-state index in [1.165, 1.54) is 48.5 Å². The molecule has 0 saturated carbocycles. The van der Waals surface area contributed by atoms with E-state index < -0.39 is 109 Å². The van der Waals surface area contributed by atoms with E-state index in [4.69, 9.17) is 17.2 Å². The fourth-order valence-electron chi connectivity index (χ4n) is 7.07. The summed E-state index contributed by atoms with van der Waals surface area (Å²) in [5, 5.41) is 45.3. The van der Waals surface area contributed by atoms with E-state index in [1.54, 1.807) is 32.2 Å². The number of phenols is 2. The van der Waals surface area contributed by atoms with Gasteiger partial charge in [0.2, 0.25) is 47.3 Å². The number of amides is 8. The third kappa shape index (κ3) is 16.8. The number of rotatable bonds is 26. The molecule has 0 saturated heterocycles. The molecule has 16 N–H and O–H groups in total. The average Bonchev–Trinajstić information content (AvgIpc) is 3.69. The summed E-state index contributed by atoms with van der Waals surface area (Å²) in [5.74, 6) is -8.79. The van der Waals surface area contributed by atoms with E-state index in [-0.39, 0.29) is 49.5 Å². The van der Waals surface area contributed by atoms with Crippen LogP contribution in [0.4, 0.5) is 0 Å². The minimum atomic E-state index is -1.53. The number of nitrogens with one attached hydrogen (secondary N) is 7. The molecule has 1 heterocycles. The van der Waals surface area contributed by atoms with Crippen LogP contribution in [0.15, 0.2) is 79.0 Å². The first-order chi connectivity index (χ1) is 32.2. The fraction of sp³-hybridized carbons (Fsp3) is 0.370. The highest BCUT2D eigenvalue weighted by atomic mass is 16.4. The second-order valence-electron chi connectivity index (χ2n) is 16.6. The van der Waals surface area contributed by atoms with Crippen LogP contribution in [0.25, 0.3) is 10.9 Å². The Hall–Kier alpha value is -8.01. The number of carbonyl (C=O) groups excluding carboxylic acids is 8. The van der Waals surface area contributed by atoms with Crippen LogP contribution in [-0.2, 0) is 62.4 Å². The third-order valence-electron chi connectivity index (χ3n) is 10.6. The number of carboxylic acids is 1. The Labute approximate surface area is 390 Å². The number of para-hydroxylation sites is 1. The molecule has 0 bridgehead atoms. The van der Waals surface area contributed by atoms with Crippen molar-refractivity contribution in [2.45, 2.75) is 95.0 Å². The van der Waals surface area contributed by atoms with Gasteiger partial charge in [0.1, 0.15) is 41.7 Å². The van der Waals surface area contributed by atoms with Crippen molar-refractivity contribution in [1.29, 1.82) is 0 Å². The van der Waals surface area contributed by atoms with Crippen molar-refractivity contribution in [3.8, 4) is 11.5 Å².